The monoisotopic (exact) mass is 423 g/mol. The van der Waals surface area contributed by atoms with Gasteiger partial charge in [-0.2, -0.15) is 14.9 Å². The van der Waals surface area contributed by atoms with Crippen LogP contribution in [0.3, 0.4) is 0 Å². The van der Waals surface area contributed by atoms with Crippen LogP contribution >= 0.6 is 12.2 Å². The van der Waals surface area contributed by atoms with E-state index in [0.717, 1.165) is 27.6 Å². The molecule has 0 unspecified atom stereocenters. The molecule has 0 saturated carbocycles. The predicted octanol–water partition coefficient (Wildman–Crippen LogP) is 5.86. The number of aromatic nitrogens is 3. The second-order valence-corrected chi connectivity index (χ2v) is 7.97. The highest BCUT2D eigenvalue weighted by molar-refractivity contribution is 7.71. The molecule has 5 nitrogen and oxygen atoms in total. The molecular formula is C25H21N5S. The number of fused-ring (bicyclic) bond motifs is 2. The summed E-state index contributed by atoms with van der Waals surface area (Å²) in [5, 5.41) is 16.7. The maximum absolute atomic E-state index is 5.47. The summed E-state index contributed by atoms with van der Waals surface area (Å²) in [5.41, 5.74) is 3.12. The molecule has 1 aromatic heterocycles. The molecule has 0 fully saturated rings. The van der Waals surface area contributed by atoms with Gasteiger partial charge < -0.3 is 4.90 Å². The van der Waals surface area contributed by atoms with E-state index in [1.54, 1.807) is 4.68 Å². The van der Waals surface area contributed by atoms with Gasteiger partial charge in [0.2, 0.25) is 4.77 Å². The van der Waals surface area contributed by atoms with E-state index < -0.39 is 0 Å². The molecule has 0 aliphatic heterocycles. The van der Waals surface area contributed by atoms with E-state index in [-0.39, 0.29) is 0 Å². The molecule has 5 rings (SSSR count). The summed E-state index contributed by atoms with van der Waals surface area (Å²) < 4.78 is 2.13. The third kappa shape index (κ3) is 3.51. The van der Waals surface area contributed by atoms with Crippen LogP contribution in [0.5, 0.6) is 0 Å². The molecule has 6 heteroatoms. The van der Waals surface area contributed by atoms with E-state index in [0.29, 0.717) is 10.6 Å². The second-order valence-electron chi connectivity index (χ2n) is 7.58. The Labute approximate surface area is 185 Å². The van der Waals surface area contributed by atoms with E-state index in [1.165, 1.54) is 10.8 Å². The van der Waals surface area contributed by atoms with Crippen molar-refractivity contribution in [3.63, 3.8) is 0 Å². The highest BCUT2D eigenvalue weighted by Gasteiger charge is 2.10. The van der Waals surface area contributed by atoms with Crippen LogP contribution in [0.1, 0.15) is 5.56 Å². The van der Waals surface area contributed by atoms with E-state index in [4.69, 9.17) is 17.3 Å². The van der Waals surface area contributed by atoms with E-state index in [1.807, 2.05) is 32.4 Å². The Kier molecular flexibility index (Phi) is 4.84. The molecule has 1 heterocycles. The minimum atomic E-state index is 0.451. The molecular weight excluding hydrogens is 402 g/mol. The highest BCUT2D eigenvalue weighted by Crippen LogP contribution is 2.27. The molecule has 5 aromatic rings. The Morgan fingerprint density at radius 2 is 1.52 bits per heavy atom. The van der Waals surface area contributed by atoms with Crippen molar-refractivity contribution in [3.8, 4) is 11.4 Å². The lowest BCUT2D eigenvalue weighted by atomic mass is 9.97. The van der Waals surface area contributed by atoms with Crippen LogP contribution in [0.2, 0.25) is 0 Å². The van der Waals surface area contributed by atoms with E-state index in [9.17, 15) is 0 Å². The average Bonchev–Trinajstić information content (AvgIpc) is 3.17. The van der Waals surface area contributed by atoms with Gasteiger partial charge in [-0.1, -0.05) is 48.5 Å². The van der Waals surface area contributed by atoms with Gasteiger partial charge in [-0.3, -0.25) is 0 Å². The van der Waals surface area contributed by atoms with Crippen molar-refractivity contribution in [2.75, 3.05) is 19.0 Å². The van der Waals surface area contributed by atoms with Gasteiger partial charge in [0.05, 0.1) is 6.21 Å². The first-order valence-electron chi connectivity index (χ1n) is 10.0. The fraction of sp³-hybridized carbons (Fsp3) is 0.0800. The Balaban J connectivity index is 1.64. The van der Waals surface area contributed by atoms with Crippen LogP contribution in [0.25, 0.3) is 32.9 Å². The number of nitrogens with zero attached hydrogens (tertiary/aromatic N) is 4. The molecule has 152 valence electrons. The molecule has 0 atom stereocenters. The zero-order valence-corrected chi connectivity index (χ0v) is 18.1. The van der Waals surface area contributed by atoms with Gasteiger partial charge in [-0.15, -0.1) is 0 Å². The summed E-state index contributed by atoms with van der Waals surface area (Å²) in [6.07, 6.45) is 1.88. The molecule has 0 saturated heterocycles. The van der Waals surface area contributed by atoms with Crippen molar-refractivity contribution in [1.82, 2.24) is 14.9 Å². The number of rotatable bonds is 4. The number of hydrogen-bond donors (Lipinski definition) is 1. The van der Waals surface area contributed by atoms with Crippen molar-refractivity contribution in [1.29, 1.82) is 0 Å². The van der Waals surface area contributed by atoms with Crippen LogP contribution in [0, 0.1) is 4.77 Å². The van der Waals surface area contributed by atoms with Gasteiger partial charge in [0.15, 0.2) is 5.82 Å². The summed E-state index contributed by atoms with van der Waals surface area (Å²) in [7, 11) is 4.04. The first kappa shape index (κ1) is 19.2. The molecule has 0 radical (unpaired) electrons. The van der Waals surface area contributed by atoms with Gasteiger partial charge in [0.1, 0.15) is 0 Å². The molecule has 31 heavy (non-hydrogen) atoms. The molecule has 0 amide bonds. The average molecular weight is 424 g/mol. The fourth-order valence-corrected chi connectivity index (χ4v) is 3.98. The molecule has 0 bridgehead atoms. The van der Waals surface area contributed by atoms with Crippen molar-refractivity contribution in [3.05, 3.63) is 89.2 Å². The van der Waals surface area contributed by atoms with Gasteiger partial charge in [-0.05, 0) is 64.1 Å². The quantitative estimate of drug-likeness (QED) is 0.224. The number of nitrogens with one attached hydrogen (secondary N) is 1. The Morgan fingerprint density at radius 1 is 0.903 bits per heavy atom. The van der Waals surface area contributed by atoms with E-state index >= 15 is 0 Å². The van der Waals surface area contributed by atoms with Crippen LogP contribution in [-0.4, -0.2) is 35.2 Å². The van der Waals surface area contributed by atoms with Crippen molar-refractivity contribution in [2.45, 2.75) is 0 Å². The highest BCUT2D eigenvalue weighted by atomic mass is 32.1. The predicted molar refractivity (Wildman–Crippen MR) is 132 cm³/mol. The SMILES string of the molecule is CN(C)c1ccc(-c2n[nH]c(=S)n2/N=C/c2c3ccccc3cc3ccccc23)cc1. The van der Waals surface area contributed by atoms with E-state index in [2.05, 4.69) is 81.8 Å². The zero-order chi connectivity index (χ0) is 21.4. The first-order chi connectivity index (χ1) is 15.1. The minimum Gasteiger partial charge on any atom is -0.378 e. The van der Waals surface area contributed by atoms with Gasteiger partial charge in [0, 0.05) is 30.9 Å². The second kappa shape index (κ2) is 7.81. The third-order valence-electron chi connectivity index (χ3n) is 5.41. The summed E-state index contributed by atoms with van der Waals surface area (Å²) in [6, 6.07) is 27.1. The summed E-state index contributed by atoms with van der Waals surface area (Å²) in [6.45, 7) is 0. The topological polar surface area (TPSA) is 49.2 Å². The Bertz CT molecular complexity index is 1420. The molecule has 0 aliphatic carbocycles. The third-order valence-corrected chi connectivity index (χ3v) is 5.67. The van der Waals surface area contributed by atoms with Crippen LogP contribution in [-0.2, 0) is 0 Å². The largest absolute Gasteiger partial charge is 0.378 e. The summed E-state index contributed by atoms with van der Waals surface area (Å²) >= 11 is 5.47. The first-order valence-corrected chi connectivity index (χ1v) is 10.4. The number of H-pyrrole nitrogens is 1. The zero-order valence-electron chi connectivity index (χ0n) is 17.3. The van der Waals surface area contributed by atoms with Crippen molar-refractivity contribution < 1.29 is 0 Å². The van der Waals surface area contributed by atoms with Crippen molar-refractivity contribution in [2.24, 2.45) is 5.10 Å². The Hall–Kier alpha value is -3.77. The van der Waals surface area contributed by atoms with Crippen LogP contribution in [0.15, 0.2) is 84.0 Å². The smallest absolute Gasteiger partial charge is 0.216 e. The number of aromatic amines is 1. The lowest BCUT2D eigenvalue weighted by Crippen LogP contribution is -2.08. The van der Waals surface area contributed by atoms with Crippen LogP contribution < -0.4 is 4.90 Å². The van der Waals surface area contributed by atoms with Gasteiger partial charge in [-0.25, -0.2) is 5.10 Å². The standard InChI is InChI=1S/C25H21N5S/c1-29(2)20-13-11-17(12-14-20)24-27-28-25(31)30(24)26-16-23-21-9-5-3-7-18(21)15-19-8-4-6-10-22(19)23/h3-16H,1-2H3,(H,28,31)/b26-16+. The normalized spacial score (nSPS) is 11.5. The number of anilines is 1. The van der Waals surface area contributed by atoms with Gasteiger partial charge in [0.25, 0.3) is 0 Å². The number of benzene rings is 4. The molecule has 1 N–H and O–H groups in total. The molecule has 0 aliphatic rings. The van der Waals surface area contributed by atoms with Crippen LogP contribution in [0.4, 0.5) is 5.69 Å². The summed E-state index contributed by atoms with van der Waals surface area (Å²) in [5.74, 6) is 0.677. The summed E-state index contributed by atoms with van der Waals surface area (Å²) in [4.78, 5) is 2.06. The Morgan fingerprint density at radius 3 is 2.13 bits per heavy atom. The molecule has 0 spiro atoms. The number of hydrogen-bond acceptors (Lipinski definition) is 4. The lowest BCUT2D eigenvalue weighted by Gasteiger charge is -2.12. The minimum absolute atomic E-state index is 0.451. The maximum Gasteiger partial charge on any atom is 0.216 e. The maximum atomic E-state index is 5.47. The molecule has 4 aromatic carbocycles. The lowest BCUT2D eigenvalue weighted by molar-refractivity contribution is 0.872. The van der Waals surface area contributed by atoms with Gasteiger partial charge >= 0.3 is 0 Å². The fourth-order valence-electron chi connectivity index (χ4n) is 3.80. The van der Waals surface area contributed by atoms with Crippen molar-refractivity contribution >= 4 is 45.7 Å².